The number of benzene rings is 2. The van der Waals surface area contributed by atoms with Gasteiger partial charge in [0.05, 0.1) is 25.0 Å². The van der Waals surface area contributed by atoms with Crippen molar-refractivity contribution in [2.45, 2.75) is 64.6 Å². The minimum absolute atomic E-state index is 0.00341. The van der Waals surface area contributed by atoms with Crippen molar-refractivity contribution >= 4 is 11.8 Å². The molecular formula is C32H40F2N4O3. The van der Waals surface area contributed by atoms with Crippen molar-refractivity contribution in [3.05, 3.63) is 101 Å². The van der Waals surface area contributed by atoms with E-state index in [4.69, 9.17) is 0 Å². The SMILES string of the molecule is CCCN(CCC)C(=O)Cc1cc(CC(=O)N[C@@H](Cc2cc(F)cc(F)c2)[C@H](O)CNCc2ccccc2)ccn1. The first-order chi connectivity index (χ1) is 19.8. The number of aliphatic hydroxyl groups excluding tert-OH is 1. The quantitative estimate of drug-likeness (QED) is 0.244. The number of pyridine rings is 1. The van der Waals surface area contributed by atoms with E-state index < -0.39 is 23.8 Å². The molecule has 3 rings (SSSR count). The molecule has 0 radical (unpaired) electrons. The van der Waals surface area contributed by atoms with Crippen LogP contribution in [-0.2, 0) is 35.4 Å². The summed E-state index contributed by atoms with van der Waals surface area (Å²) in [5.41, 5.74) is 2.61. The van der Waals surface area contributed by atoms with E-state index >= 15 is 0 Å². The number of nitrogens with zero attached hydrogens (tertiary/aromatic N) is 2. The van der Waals surface area contributed by atoms with Gasteiger partial charge in [-0.3, -0.25) is 14.6 Å². The molecule has 2 atom stereocenters. The van der Waals surface area contributed by atoms with E-state index in [9.17, 15) is 23.5 Å². The van der Waals surface area contributed by atoms with Crippen molar-refractivity contribution in [1.29, 1.82) is 0 Å². The third-order valence-electron chi connectivity index (χ3n) is 6.63. The van der Waals surface area contributed by atoms with Gasteiger partial charge in [0, 0.05) is 44.1 Å². The van der Waals surface area contributed by atoms with Gasteiger partial charge in [-0.15, -0.1) is 0 Å². The first-order valence-electron chi connectivity index (χ1n) is 14.2. The third-order valence-corrected chi connectivity index (χ3v) is 6.63. The summed E-state index contributed by atoms with van der Waals surface area (Å²) in [5.74, 6) is -1.82. The standard InChI is InChI=1S/C32H40F2N4O3/c1-3-12-38(13-4-2)32(41)20-28-16-24(10-11-36-28)18-31(40)37-29(17-25-14-26(33)19-27(34)15-25)30(39)22-35-21-23-8-6-5-7-9-23/h5-11,14-16,19,29-30,35,39H,3-4,12-13,17-18,20-22H2,1-2H3,(H,37,40)/t29-,30+/m0/s1. The van der Waals surface area contributed by atoms with Crippen molar-refractivity contribution in [3.63, 3.8) is 0 Å². The molecule has 0 aliphatic carbocycles. The average Bonchev–Trinajstić information content (AvgIpc) is 2.92. The van der Waals surface area contributed by atoms with Crippen LogP contribution >= 0.6 is 0 Å². The molecule has 41 heavy (non-hydrogen) atoms. The van der Waals surface area contributed by atoms with Crippen LogP contribution in [0, 0.1) is 11.6 Å². The second-order valence-corrected chi connectivity index (χ2v) is 10.2. The van der Waals surface area contributed by atoms with E-state index in [2.05, 4.69) is 15.6 Å². The summed E-state index contributed by atoms with van der Waals surface area (Å²) in [7, 11) is 0. The molecule has 0 saturated carbocycles. The van der Waals surface area contributed by atoms with Gasteiger partial charge in [0.2, 0.25) is 11.8 Å². The lowest BCUT2D eigenvalue weighted by molar-refractivity contribution is -0.130. The van der Waals surface area contributed by atoms with Gasteiger partial charge in [-0.05, 0) is 60.2 Å². The number of amides is 2. The molecular weight excluding hydrogens is 526 g/mol. The van der Waals surface area contributed by atoms with Gasteiger partial charge in [-0.2, -0.15) is 0 Å². The van der Waals surface area contributed by atoms with Crippen LogP contribution < -0.4 is 10.6 Å². The molecule has 1 heterocycles. The Balaban J connectivity index is 1.66. The normalized spacial score (nSPS) is 12.5. The molecule has 0 saturated heterocycles. The number of aromatic nitrogens is 1. The number of hydrogen-bond acceptors (Lipinski definition) is 5. The zero-order valence-corrected chi connectivity index (χ0v) is 23.8. The Kier molecular flexibility index (Phi) is 12.8. The molecule has 3 N–H and O–H groups in total. The summed E-state index contributed by atoms with van der Waals surface area (Å²) in [6.07, 6.45) is 2.47. The van der Waals surface area contributed by atoms with Gasteiger partial charge in [-0.25, -0.2) is 8.78 Å². The second kappa shape index (κ2) is 16.5. The van der Waals surface area contributed by atoms with Gasteiger partial charge in [0.1, 0.15) is 11.6 Å². The zero-order valence-electron chi connectivity index (χ0n) is 23.8. The van der Waals surface area contributed by atoms with E-state index in [-0.39, 0.29) is 37.6 Å². The van der Waals surface area contributed by atoms with Crippen LogP contribution in [0.25, 0.3) is 0 Å². The third kappa shape index (κ3) is 11.0. The van der Waals surface area contributed by atoms with E-state index in [0.29, 0.717) is 36.5 Å². The molecule has 0 spiro atoms. The maximum atomic E-state index is 13.8. The Hall–Kier alpha value is -3.69. The fraction of sp³-hybridized carbons (Fsp3) is 0.406. The lowest BCUT2D eigenvalue weighted by Gasteiger charge is -2.25. The van der Waals surface area contributed by atoms with Crippen LogP contribution in [0.1, 0.15) is 49.1 Å². The number of nitrogens with one attached hydrogen (secondary N) is 2. The van der Waals surface area contributed by atoms with Crippen LogP contribution in [0.3, 0.4) is 0 Å². The van der Waals surface area contributed by atoms with Crippen molar-refractivity contribution < 1.29 is 23.5 Å². The minimum atomic E-state index is -1.03. The number of carbonyl (C=O) groups is 2. The predicted octanol–water partition coefficient (Wildman–Crippen LogP) is 3.97. The Morgan fingerprint density at radius 3 is 2.24 bits per heavy atom. The monoisotopic (exact) mass is 566 g/mol. The molecule has 9 heteroatoms. The first kappa shape index (κ1) is 31.8. The Labute approximate surface area is 241 Å². The largest absolute Gasteiger partial charge is 0.390 e. The fourth-order valence-electron chi connectivity index (χ4n) is 4.71. The van der Waals surface area contributed by atoms with Crippen molar-refractivity contribution in [1.82, 2.24) is 20.5 Å². The highest BCUT2D eigenvalue weighted by atomic mass is 19.1. The molecule has 1 aromatic heterocycles. The van der Waals surface area contributed by atoms with Crippen LogP contribution in [-0.4, -0.2) is 58.6 Å². The summed E-state index contributed by atoms with van der Waals surface area (Å²) in [6, 6.07) is 15.5. The Morgan fingerprint density at radius 2 is 1.59 bits per heavy atom. The maximum Gasteiger partial charge on any atom is 0.228 e. The zero-order chi connectivity index (χ0) is 29.6. The average molecular weight is 567 g/mol. The Morgan fingerprint density at radius 1 is 0.902 bits per heavy atom. The first-order valence-corrected chi connectivity index (χ1v) is 14.2. The van der Waals surface area contributed by atoms with Gasteiger partial charge in [0.25, 0.3) is 0 Å². The predicted molar refractivity (Wildman–Crippen MR) is 155 cm³/mol. The molecule has 0 fully saturated rings. The van der Waals surface area contributed by atoms with E-state index in [0.717, 1.165) is 24.5 Å². The number of aliphatic hydroxyl groups is 1. The maximum absolute atomic E-state index is 13.8. The number of rotatable bonds is 16. The topological polar surface area (TPSA) is 94.6 Å². The number of carbonyl (C=O) groups excluding carboxylic acids is 2. The van der Waals surface area contributed by atoms with Gasteiger partial charge < -0.3 is 20.6 Å². The summed E-state index contributed by atoms with van der Waals surface area (Å²) in [4.78, 5) is 32.0. The minimum Gasteiger partial charge on any atom is -0.390 e. The van der Waals surface area contributed by atoms with Crippen molar-refractivity contribution in [2.75, 3.05) is 19.6 Å². The molecule has 7 nitrogen and oxygen atoms in total. The summed E-state index contributed by atoms with van der Waals surface area (Å²) < 4.78 is 27.7. The van der Waals surface area contributed by atoms with Crippen LogP contribution in [0.5, 0.6) is 0 Å². The molecule has 3 aromatic rings. The molecule has 0 aliphatic heterocycles. The molecule has 2 amide bonds. The lowest BCUT2D eigenvalue weighted by Crippen LogP contribution is -2.49. The van der Waals surface area contributed by atoms with Gasteiger partial charge >= 0.3 is 0 Å². The number of halogens is 2. The number of hydrogen-bond donors (Lipinski definition) is 3. The van der Waals surface area contributed by atoms with Gasteiger partial charge in [-0.1, -0.05) is 44.2 Å². The highest BCUT2D eigenvalue weighted by molar-refractivity contribution is 5.80. The van der Waals surface area contributed by atoms with Gasteiger partial charge in [0.15, 0.2) is 0 Å². The van der Waals surface area contributed by atoms with E-state index in [1.165, 1.54) is 12.1 Å². The summed E-state index contributed by atoms with van der Waals surface area (Å²) >= 11 is 0. The van der Waals surface area contributed by atoms with Crippen LogP contribution in [0.15, 0.2) is 66.9 Å². The van der Waals surface area contributed by atoms with Crippen LogP contribution in [0.4, 0.5) is 8.78 Å². The molecule has 0 unspecified atom stereocenters. The van der Waals surface area contributed by atoms with E-state index in [1.54, 1.807) is 18.3 Å². The van der Waals surface area contributed by atoms with Crippen molar-refractivity contribution in [3.8, 4) is 0 Å². The van der Waals surface area contributed by atoms with Crippen molar-refractivity contribution in [2.24, 2.45) is 0 Å². The molecule has 2 aromatic carbocycles. The molecule has 220 valence electrons. The Bertz CT molecular complexity index is 1230. The fourth-order valence-corrected chi connectivity index (χ4v) is 4.71. The lowest BCUT2D eigenvalue weighted by atomic mass is 10.00. The van der Waals surface area contributed by atoms with Crippen LogP contribution in [0.2, 0.25) is 0 Å². The summed E-state index contributed by atoms with van der Waals surface area (Å²) in [6.45, 7) is 6.11. The highest BCUT2D eigenvalue weighted by Gasteiger charge is 2.23. The second-order valence-electron chi connectivity index (χ2n) is 10.2. The highest BCUT2D eigenvalue weighted by Crippen LogP contribution is 2.13. The molecule has 0 bridgehead atoms. The molecule has 0 aliphatic rings. The smallest absolute Gasteiger partial charge is 0.228 e. The summed E-state index contributed by atoms with van der Waals surface area (Å²) in [5, 5.41) is 17.0. The van der Waals surface area contributed by atoms with E-state index in [1.807, 2.05) is 49.1 Å².